The van der Waals surface area contributed by atoms with Gasteiger partial charge in [0, 0.05) is 12.0 Å². The molecule has 94 valence electrons. The van der Waals surface area contributed by atoms with Gasteiger partial charge in [-0.25, -0.2) is 4.39 Å². The minimum Gasteiger partial charge on any atom is -0.493 e. The van der Waals surface area contributed by atoms with Crippen molar-refractivity contribution in [3.8, 4) is 5.75 Å². The van der Waals surface area contributed by atoms with Gasteiger partial charge in [0.15, 0.2) is 0 Å². The van der Waals surface area contributed by atoms with Crippen molar-refractivity contribution in [2.24, 2.45) is 17.6 Å². The fraction of sp³-hybridized carbons (Fsp3) is 0.538. The first-order chi connectivity index (χ1) is 8.29. The van der Waals surface area contributed by atoms with Crippen LogP contribution >= 0.6 is 11.8 Å². The molecule has 2 atom stereocenters. The van der Waals surface area contributed by atoms with Crippen molar-refractivity contribution < 1.29 is 9.13 Å². The fourth-order valence-electron chi connectivity index (χ4n) is 2.08. The van der Waals surface area contributed by atoms with Gasteiger partial charge in [0.2, 0.25) is 0 Å². The van der Waals surface area contributed by atoms with Gasteiger partial charge in [-0.1, -0.05) is 6.07 Å². The molecule has 0 spiro atoms. The Balaban J connectivity index is 1.87. The SMILES string of the molecule is NCC(COc1cccc(F)c1)C1CCSC1. The van der Waals surface area contributed by atoms with Crippen LogP contribution in [0.3, 0.4) is 0 Å². The summed E-state index contributed by atoms with van der Waals surface area (Å²) in [6, 6.07) is 6.27. The molecular formula is C13H18FNOS. The van der Waals surface area contributed by atoms with Gasteiger partial charge in [-0.2, -0.15) is 11.8 Å². The van der Waals surface area contributed by atoms with Gasteiger partial charge in [0.1, 0.15) is 11.6 Å². The first kappa shape index (κ1) is 12.7. The molecule has 1 aliphatic rings. The van der Waals surface area contributed by atoms with Crippen LogP contribution in [0.2, 0.25) is 0 Å². The lowest BCUT2D eigenvalue weighted by molar-refractivity contribution is 0.208. The van der Waals surface area contributed by atoms with Gasteiger partial charge >= 0.3 is 0 Å². The van der Waals surface area contributed by atoms with E-state index >= 15 is 0 Å². The largest absolute Gasteiger partial charge is 0.493 e. The number of ether oxygens (including phenoxy) is 1. The molecule has 1 saturated heterocycles. The topological polar surface area (TPSA) is 35.2 Å². The average molecular weight is 255 g/mol. The van der Waals surface area contributed by atoms with E-state index in [-0.39, 0.29) is 5.82 Å². The highest BCUT2D eigenvalue weighted by Gasteiger charge is 2.24. The zero-order chi connectivity index (χ0) is 12.1. The summed E-state index contributed by atoms with van der Waals surface area (Å²) in [7, 11) is 0. The van der Waals surface area contributed by atoms with Crippen LogP contribution in [0.4, 0.5) is 4.39 Å². The van der Waals surface area contributed by atoms with Gasteiger partial charge in [-0.05, 0) is 42.5 Å². The lowest BCUT2D eigenvalue weighted by atomic mass is 9.93. The molecule has 2 rings (SSSR count). The Morgan fingerprint density at radius 3 is 3.06 bits per heavy atom. The summed E-state index contributed by atoms with van der Waals surface area (Å²) in [5, 5.41) is 0. The van der Waals surface area contributed by atoms with E-state index in [9.17, 15) is 4.39 Å². The highest BCUT2D eigenvalue weighted by molar-refractivity contribution is 7.99. The van der Waals surface area contributed by atoms with Crippen LogP contribution in [0.15, 0.2) is 24.3 Å². The molecule has 0 bridgehead atoms. The molecule has 0 aliphatic carbocycles. The Kier molecular flexibility index (Phi) is 4.68. The maximum Gasteiger partial charge on any atom is 0.126 e. The van der Waals surface area contributed by atoms with Gasteiger partial charge in [-0.3, -0.25) is 0 Å². The van der Waals surface area contributed by atoms with Crippen LogP contribution < -0.4 is 10.5 Å². The molecule has 0 aromatic heterocycles. The van der Waals surface area contributed by atoms with E-state index in [1.165, 1.54) is 30.1 Å². The number of halogens is 1. The maximum absolute atomic E-state index is 13.0. The van der Waals surface area contributed by atoms with Crippen molar-refractivity contribution in [1.82, 2.24) is 0 Å². The molecule has 1 aromatic carbocycles. The lowest BCUT2D eigenvalue weighted by Crippen LogP contribution is -2.29. The molecule has 1 fully saturated rings. The van der Waals surface area contributed by atoms with Crippen LogP contribution in [-0.4, -0.2) is 24.7 Å². The Labute approximate surface area is 106 Å². The summed E-state index contributed by atoms with van der Waals surface area (Å²) in [4.78, 5) is 0. The van der Waals surface area contributed by atoms with Crippen LogP contribution in [0.1, 0.15) is 6.42 Å². The van der Waals surface area contributed by atoms with E-state index in [2.05, 4.69) is 0 Å². The molecule has 0 radical (unpaired) electrons. The summed E-state index contributed by atoms with van der Waals surface area (Å²) in [5.74, 6) is 3.76. The summed E-state index contributed by atoms with van der Waals surface area (Å²) >= 11 is 1.98. The molecule has 2 N–H and O–H groups in total. The Morgan fingerprint density at radius 2 is 2.41 bits per heavy atom. The number of nitrogens with two attached hydrogens (primary N) is 1. The first-order valence-electron chi connectivity index (χ1n) is 5.96. The minimum atomic E-state index is -0.261. The third kappa shape index (κ3) is 3.61. The number of hydrogen-bond acceptors (Lipinski definition) is 3. The molecule has 17 heavy (non-hydrogen) atoms. The first-order valence-corrected chi connectivity index (χ1v) is 7.11. The van der Waals surface area contributed by atoms with E-state index in [0.717, 1.165) is 0 Å². The molecule has 1 aliphatic heterocycles. The van der Waals surface area contributed by atoms with Gasteiger partial charge in [0.05, 0.1) is 6.61 Å². The second kappa shape index (κ2) is 6.26. The molecule has 2 unspecified atom stereocenters. The van der Waals surface area contributed by atoms with Crippen LogP contribution in [0.25, 0.3) is 0 Å². The number of rotatable bonds is 5. The third-order valence-corrected chi connectivity index (χ3v) is 4.38. The molecule has 2 nitrogen and oxygen atoms in total. The van der Waals surface area contributed by atoms with Crippen LogP contribution in [0, 0.1) is 17.7 Å². The monoisotopic (exact) mass is 255 g/mol. The van der Waals surface area contributed by atoms with Crippen molar-refractivity contribution in [3.05, 3.63) is 30.1 Å². The lowest BCUT2D eigenvalue weighted by Gasteiger charge is -2.21. The zero-order valence-corrected chi connectivity index (χ0v) is 10.6. The molecule has 1 heterocycles. The van der Waals surface area contributed by atoms with E-state index < -0.39 is 0 Å². The van der Waals surface area contributed by atoms with Gasteiger partial charge in [-0.15, -0.1) is 0 Å². The quantitative estimate of drug-likeness (QED) is 0.878. The molecule has 0 saturated carbocycles. The van der Waals surface area contributed by atoms with Crippen LogP contribution in [0.5, 0.6) is 5.75 Å². The van der Waals surface area contributed by atoms with Crippen molar-refractivity contribution >= 4 is 11.8 Å². The smallest absolute Gasteiger partial charge is 0.126 e. The van der Waals surface area contributed by atoms with Crippen LogP contribution in [-0.2, 0) is 0 Å². The predicted molar refractivity (Wildman–Crippen MR) is 69.9 cm³/mol. The van der Waals surface area contributed by atoms with Crippen molar-refractivity contribution in [3.63, 3.8) is 0 Å². The fourth-order valence-corrected chi connectivity index (χ4v) is 3.46. The molecular weight excluding hydrogens is 237 g/mol. The number of benzene rings is 1. The summed E-state index contributed by atoms with van der Waals surface area (Å²) < 4.78 is 18.6. The van der Waals surface area contributed by atoms with Crippen molar-refractivity contribution in [2.45, 2.75) is 6.42 Å². The van der Waals surface area contributed by atoms with E-state index in [1.54, 1.807) is 12.1 Å². The van der Waals surface area contributed by atoms with E-state index in [0.29, 0.717) is 30.7 Å². The normalized spacial score (nSPS) is 21.4. The highest BCUT2D eigenvalue weighted by Crippen LogP contribution is 2.29. The van der Waals surface area contributed by atoms with E-state index in [4.69, 9.17) is 10.5 Å². The summed E-state index contributed by atoms with van der Waals surface area (Å²) in [6.07, 6.45) is 1.22. The van der Waals surface area contributed by atoms with Crippen molar-refractivity contribution in [2.75, 3.05) is 24.7 Å². The minimum absolute atomic E-state index is 0.261. The highest BCUT2D eigenvalue weighted by atomic mass is 32.2. The summed E-state index contributed by atoms with van der Waals surface area (Å²) in [6.45, 7) is 1.23. The standard InChI is InChI=1S/C13H18FNOS/c14-12-2-1-3-13(6-12)16-8-11(7-15)10-4-5-17-9-10/h1-3,6,10-11H,4-5,7-9,15H2. The van der Waals surface area contributed by atoms with E-state index in [1.807, 2.05) is 11.8 Å². The molecule has 4 heteroatoms. The second-order valence-electron chi connectivity index (χ2n) is 4.39. The average Bonchev–Trinajstić information content (AvgIpc) is 2.84. The summed E-state index contributed by atoms with van der Waals surface area (Å²) in [5.41, 5.74) is 5.78. The van der Waals surface area contributed by atoms with Gasteiger partial charge in [0.25, 0.3) is 0 Å². The third-order valence-electron chi connectivity index (χ3n) is 3.19. The number of thioether (sulfide) groups is 1. The maximum atomic E-state index is 13.0. The predicted octanol–water partition coefficient (Wildman–Crippen LogP) is 2.53. The Bertz CT molecular complexity index is 355. The number of hydrogen-bond donors (Lipinski definition) is 1. The Hall–Kier alpha value is -0.740. The molecule has 0 amide bonds. The second-order valence-corrected chi connectivity index (χ2v) is 5.54. The Morgan fingerprint density at radius 1 is 1.53 bits per heavy atom. The molecule has 1 aromatic rings. The zero-order valence-electron chi connectivity index (χ0n) is 9.77. The van der Waals surface area contributed by atoms with Crippen molar-refractivity contribution in [1.29, 1.82) is 0 Å². The van der Waals surface area contributed by atoms with Gasteiger partial charge < -0.3 is 10.5 Å².